The van der Waals surface area contributed by atoms with Crippen molar-refractivity contribution >= 4 is 34.0 Å². The second-order valence-corrected chi connectivity index (χ2v) is 7.46. The van der Waals surface area contributed by atoms with E-state index < -0.39 is 28.3 Å². The molecule has 0 saturated carbocycles. The molecule has 26 heavy (non-hydrogen) atoms. The number of carbonyl (C=O) groups is 1. The lowest BCUT2D eigenvalue weighted by atomic mass is 9.99. The zero-order valence-corrected chi connectivity index (χ0v) is 15.6. The Hall–Kier alpha value is -2.01. The Kier molecular flexibility index (Phi) is 6.34. The molecule has 11 heteroatoms. The summed E-state index contributed by atoms with van der Waals surface area (Å²) in [6.07, 6.45) is 3.20. The molecule has 0 spiro atoms. The summed E-state index contributed by atoms with van der Waals surface area (Å²) >= 11 is 0. The molecule has 0 aliphatic carbocycles. The maximum atomic E-state index is 14.5. The fraction of sp³-hybridized carbons (Fsp3) is 0.333. The molecule has 1 aliphatic rings. The summed E-state index contributed by atoms with van der Waals surface area (Å²) in [5.41, 5.74) is 1.48. The first kappa shape index (κ1) is 20.3. The number of amides is 1. The third kappa shape index (κ3) is 4.39. The molecule has 2 aromatic rings. The number of nitrogens with one attached hydrogen (secondary N) is 3. The van der Waals surface area contributed by atoms with Gasteiger partial charge in [-0.1, -0.05) is 6.07 Å². The summed E-state index contributed by atoms with van der Waals surface area (Å²) in [6, 6.07) is 3.23. The van der Waals surface area contributed by atoms with Gasteiger partial charge < -0.3 is 15.2 Å². The fourth-order valence-electron chi connectivity index (χ4n) is 2.59. The number of aromatic nitrogens is 2. The van der Waals surface area contributed by atoms with Gasteiger partial charge in [-0.3, -0.25) is 4.79 Å². The zero-order valence-electron chi connectivity index (χ0n) is 14.0. The third-order valence-corrected chi connectivity index (χ3v) is 5.15. The Bertz CT molecular complexity index is 916. The molecule has 3 rings (SSSR count). The van der Waals surface area contributed by atoms with Crippen molar-refractivity contribution in [3.63, 3.8) is 0 Å². The topological polar surface area (TPSA) is 105 Å². The first-order valence-electron chi connectivity index (χ1n) is 7.65. The standard InChI is InChI=1S/C15H18FN5O3S.ClH/c1-21-8-14(18-9-21)25(23,24)19-7-13(22)20-12-3-2-10-6-17-5-4-11(10)15(12)16;/h2-3,8-9,17,19H,4-7H2,1H3,(H,20,22);1H. The Morgan fingerprint density at radius 1 is 1.42 bits per heavy atom. The van der Waals surface area contributed by atoms with E-state index in [9.17, 15) is 17.6 Å². The summed E-state index contributed by atoms with van der Waals surface area (Å²) in [6.45, 7) is 0.743. The zero-order chi connectivity index (χ0) is 18.0. The number of benzene rings is 1. The first-order valence-corrected chi connectivity index (χ1v) is 9.13. The van der Waals surface area contributed by atoms with Crippen molar-refractivity contribution in [2.24, 2.45) is 7.05 Å². The van der Waals surface area contributed by atoms with Crippen molar-refractivity contribution in [3.8, 4) is 0 Å². The van der Waals surface area contributed by atoms with Gasteiger partial charge in [0.25, 0.3) is 10.0 Å². The van der Waals surface area contributed by atoms with Crippen LogP contribution >= 0.6 is 12.4 Å². The maximum absolute atomic E-state index is 14.5. The van der Waals surface area contributed by atoms with E-state index in [-0.39, 0.29) is 23.1 Å². The Morgan fingerprint density at radius 2 is 2.19 bits per heavy atom. The molecule has 2 heterocycles. The first-order chi connectivity index (χ1) is 11.9. The minimum absolute atomic E-state index is 0. The van der Waals surface area contributed by atoms with Crippen LogP contribution in [0, 0.1) is 5.82 Å². The van der Waals surface area contributed by atoms with Crippen LogP contribution in [0.5, 0.6) is 0 Å². The van der Waals surface area contributed by atoms with Gasteiger partial charge in [0.05, 0.1) is 18.6 Å². The normalized spacial score (nSPS) is 13.6. The molecule has 1 aliphatic heterocycles. The summed E-state index contributed by atoms with van der Waals surface area (Å²) in [7, 11) is -2.26. The van der Waals surface area contributed by atoms with Crippen LogP contribution in [0.25, 0.3) is 0 Å². The molecule has 0 atom stereocenters. The quantitative estimate of drug-likeness (QED) is 0.676. The van der Waals surface area contributed by atoms with Crippen molar-refractivity contribution < 1.29 is 17.6 Å². The monoisotopic (exact) mass is 403 g/mol. The predicted molar refractivity (Wildman–Crippen MR) is 96.1 cm³/mol. The van der Waals surface area contributed by atoms with Gasteiger partial charge in [-0.05, 0) is 30.2 Å². The molecule has 1 amide bonds. The molecule has 1 aromatic carbocycles. The van der Waals surface area contributed by atoms with Crippen LogP contribution in [0.15, 0.2) is 29.7 Å². The molecule has 0 unspecified atom stereocenters. The highest BCUT2D eigenvalue weighted by Crippen LogP contribution is 2.24. The highest BCUT2D eigenvalue weighted by Gasteiger charge is 2.20. The van der Waals surface area contributed by atoms with Crippen LogP contribution in [-0.4, -0.2) is 37.0 Å². The number of rotatable bonds is 5. The molecular weight excluding hydrogens is 385 g/mol. The van der Waals surface area contributed by atoms with Gasteiger partial charge in [-0.25, -0.2) is 22.5 Å². The number of hydrogen-bond acceptors (Lipinski definition) is 5. The van der Waals surface area contributed by atoms with Gasteiger partial charge in [0.1, 0.15) is 5.82 Å². The van der Waals surface area contributed by atoms with Gasteiger partial charge in [-0.2, -0.15) is 0 Å². The molecule has 3 N–H and O–H groups in total. The van der Waals surface area contributed by atoms with Crippen LogP contribution in [0.3, 0.4) is 0 Å². The van der Waals surface area contributed by atoms with E-state index in [4.69, 9.17) is 0 Å². The van der Waals surface area contributed by atoms with Crippen molar-refractivity contribution in [1.29, 1.82) is 0 Å². The second kappa shape index (κ2) is 8.12. The van der Waals surface area contributed by atoms with Crippen molar-refractivity contribution in [2.75, 3.05) is 18.4 Å². The lowest BCUT2D eigenvalue weighted by molar-refractivity contribution is -0.115. The molecule has 0 saturated heterocycles. The molecular formula is C15H19ClFN5O3S. The van der Waals surface area contributed by atoms with E-state index >= 15 is 0 Å². The number of imidazole rings is 1. The molecule has 1 aromatic heterocycles. The molecule has 0 bridgehead atoms. The van der Waals surface area contributed by atoms with E-state index in [0.29, 0.717) is 25.1 Å². The summed E-state index contributed by atoms with van der Waals surface area (Å²) in [4.78, 5) is 15.7. The lowest BCUT2D eigenvalue weighted by Gasteiger charge is -2.19. The Balaban J connectivity index is 0.00000243. The maximum Gasteiger partial charge on any atom is 0.260 e. The predicted octanol–water partition coefficient (Wildman–Crippen LogP) is 0.544. The number of fused-ring (bicyclic) bond motifs is 1. The number of aryl methyl sites for hydroxylation is 1. The van der Waals surface area contributed by atoms with E-state index in [1.54, 1.807) is 13.1 Å². The van der Waals surface area contributed by atoms with Crippen LogP contribution in [0.2, 0.25) is 0 Å². The average Bonchev–Trinajstić information content (AvgIpc) is 3.03. The summed E-state index contributed by atoms with van der Waals surface area (Å²) in [5.74, 6) is -1.13. The lowest BCUT2D eigenvalue weighted by Crippen LogP contribution is -2.33. The van der Waals surface area contributed by atoms with Crippen molar-refractivity contribution in [2.45, 2.75) is 18.0 Å². The van der Waals surface area contributed by atoms with Gasteiger partial charge in [0.2, 0.25) is 5.91 Å². The number of carbonyl (C=O) groups excluding carboxylic acids is 1. The smallest absolute Gasteiger partial charge is 0.260 e. The van der Waals surface area contributed by atoms with Crippen LogP contribution < -0.4 is 15.4 Å². The number of sulfonamides is 1. The van der Waals surface area contributed by atoms with E-state index in [0.717, 1.165) is 5.56 Å². The SMILES string of the molecule is Cl.Cn1cnc(S(=O)(=O)NCC(=O)Nc2ccc3c(c2F)CCNC3)c1. The second-order valence-electron chi connectivity index (χ2n) is 5.74. The highest BCUT2D eigenvalue weighted by atomic mass is 35.5. The Labute approximate surface area is 156 Å². The summed E-state index contributed by atoms with van der Waals surface area (Å²) < 4.78 is 42.1. The summed E-state index contributed by atoms with van der Waals surface area (Å²) in [5, 5.41) is 5.36. The van der Waals surface area contributed by atoms with Gasteiger partial charge >= 0.3 is 0 Å². The van der Waals surface area contributed by atoms with Crippen molar-refractivity contribution in [3.05, 3.63) is 41.6 Å². The van der Waals surface area contributed by atoms with Gasteiger partial charge in [0, 0.05) is 19.8 Å². The van der Waals surface area contributed by atoms with Crippen LogP contribution in [0.4, 0.5) is 10.1 Å². The van der Waals surface area contributed by atoms with Crippen molar-refractivity contribution in [1.82, 2.24) is 19.6 Å². The third-order valence-electron chi connectivity index (χ3n) is 3.86. The number of halogens is 2. The Morgan fingerprint density at radius 3 is 2.88 bits per heavy atom. The highest BCUT2D eigenvalue weighted by molar-refractivity contribution is 7.89. The largest absolute Gasteiger partial charge is 0.339 e. The fourth-order valence-corrected chi connectivity index (χ4v) is 3.55. The number of anilines is 1. The average molecular weight is 404 g/mol. The van der Waals surface area contributed by atoms with E-state index in [2.05, 4.69) is 20.3 Å². The minimum atomic E-state index is -3.90. The molecule has 0 fully saturated rings. The molecule has 0 radical (unpaired) electrons. The van der Waals surface area contributed by atoms with E-state index in [1.807, 2.05) is 0 Å². The number of nitrogens with zero attached hydrogens (tertiary/aromatic N) is 2. The minimum Gasteiger partial charge on any atom is -0.339 e. The number of hydrogen-bond donors (Lipinski definition) is 3. The van der Waals surface area contributed by atoms with E-state index in [1.165, 1.54) is 23.2 Å². The molecule has 8 nitrogen and oxygen atoms in total. The van der Waals surface area contributed by atoms with Crippen LogP contribution in [0.1, 0.15) is 11.1 Å². The van der Waals surface area contributed by atoms with Gasteiger partial charge in [-0.15, -0.1) is 12.4 Å². The molecule has 142 valence electrons. The van der Waals surface area contributed by atoms with Crippen LogP contribution in [-0.2, 0) is 34.8 Å². The van der Waals surface area contributed by atoms with Gasteiger partial charge in [0.15, 0.2) is 5.03 Å².